The number of rotatable bonds is 3. The molecular formula is C12H15BrN4O. The standard InChI is InChI=1S/C12H15BrN4O/c1-8(2)17-7-10(5-14-17)15-12(18)11-4-9(13)6-16(11)3/h4-8H,1-3H3,(H,15,18). The van der Waals surface area contributed by atoms with Crippen molar-refractivity contribution < 1.29 is 4.79 Å². The minimum atomic E-state index is -0.147. The van der Waals surface area contributed by atoms with Crippen molar-refractivity contribution in [1.29, 1.82) is 0 Å². The van der Waals surface area contributed by atoms with E-state index >= 15 is 0 Å². The number of nitrogens with one attached hydrogen (secondary N) is 1. The van der Waals surface area contributed by atoms with Gasteiger partial charge < -0.3 is 9.88 Å². The molecule has 0 saturated heterocycles. The van der Waals surface area contributed by atoms with Gasteiger partial charge in [0.1, 0.15) is 5.69 Å². The van der Waals surface area contributed by atoms with Gasteiger partial charge in [0.15, 0.2) is 0 Å². The number of halogens is 1. The van der Waals surface area contributed by atoms with Gasteiger partial charge in [-0.25, -0.2) is 0 Å². The number of amides is 1. The van der Waals surface area contributed by atoms with Crippen LogP contribution in [0.5, 0.6) is 0 Å². The van der Waals surface area contributed by atoms with Gasteiger partial charge in [-0.2, -0.15) is 5.10 Å². The molecule has 2 rings (SSSR count). The van der Waals surface area contributed by atoms with Crippen molar-refractivity contribution in [2.75, 3.05) is 5.32 Å². The predicted molar refractivity (Wildman–Crippen MR) is 73.7 cm³/mol. The highest BCUT2D eigenvalue weighted by Crippen LogP contribution is 2.16. The van der Waals surface area contributed by atoms with Gasteiger partial charge in [0.25, 0.3) is 5.91 Å². The Kier molecular flexibility index (Phi) is 3.56. The summed E-state index contributed by atoms with van der Waals surface area (Å²) in [5.41, 5.74) is 1.30. The van der Waals surface area contributed by atoms with Gasteiger partial charge >= 0.3 is 0 Å². The van der Waals surface area contributed by atoms with E-state index in [0.29, 0.717) is 11.4 Å². The average molecular weight is 311 g/mol. The third kappa shape index (κ3) is 2.64. The van der Waals surface area contributed by atoms with E-state index < -0.39 is 0 Å². The molecule has 18 heavy (non-hydrogen) atoms. The first-order valence-corrected chi connectivity index (χ1v) is 6.44. The van der Waals surface area contributed by atoms with Crippen molar-refractivity contribution in [1.82, 2.24) is 14.3 Å². The number of aromatic nitrogens is 3. The van der Waals surface area contributed by atoms with Crippen LogP contribution in [0.15, 0.2) is 29.1 Å². The second-order valence-corrected chi connectivity index (χ2v) is 5.33. The fourth-order valence-electron chi connectivity index (χ4n) is 1.63. The topological polar surface area (TPSA) is 51.9 Å². The zero-order valence-corrected chi connectivity index (χ0v) is 12.1. The van der Waals surface area contributed by atoms with E-state index in [2.05, 4.69) is 26.3 Å². The van der Waals surface area contributed by atoms with Crippen LogP contribution >= 0.6 is 15.9 Å². The molecule has 0 atom stereocenters. The lowest BCUT2D eigenvalue weighted by Crippen LogP contribution is -2.14. The molecule has 2 heterocycles. The predicted octanol–water partition coefficient (Wildman–Crippen LogP) is 2.82. The molecule has 5 nitrogen and oxygen atoms in total. The molecule has 0 unspecified atom stereocenters. The van der Waals surface area contributed by atoms with Crippen molar-refractivity contribution in [3.05, 3.63) is 34.8 Å². The molecule has 0 saturated carbocycles. The summed E-state index contributed by atoms with van der Waals surface area (Å²) in [4.78, 5) is 12.0. The highest BCUT2D eigenvalue weighted by molar-refractivity contribution is 9.10. The first kappa shape index (κ1) is 12.9. The van der Waals surface area contributed by atoms with E-state index in [1.54, 1.807) is 21.5 Å². The van der Waals surface area contributed by atoms with E-state index in [1.165, 1.54) is 0 Å². The normalized spacial score (nSPS) is 10.9. The lowest BCUT2D eigenvalue weighted by Gasteiger charge is -2.04. The first-order chi connectivity index (χ1) is 8.47. The Hall–Kier alpha value is -1.56. The number of carbonyl (C=O) groups is 1. The lowest BCUT2D eigenvalue weighted by molar-refractivity contribution is 0.101. The van der Waals surface area contributed by atoms with Crippen molar-refractivity contribution in [3.8, 4) is 0 Å². The number of carbonyl (C=O) groups excluding carboxylic acids is 1. The van der Waals surface area contributed by atoms with Crippen LogP contribution in [0.2, 0.25) is 0 Å². The quantitative estimate of drug-likeness (QED) is 0.947. The summed E-state index contributed by atoms with van der Waals surface area (Å²) < 4.78 is 4.45. The summed E-state index contributed by atoms with van der Waals surface area (Å²) >= 11 is 3.34. The van der Waals surface area contributed by atoms with Gasteiger partial charge in [-0.05, 0) is 35.8 Å². The summed E-state index contributed by atoms with van der Waals surface area (Å²) in [7, 11) is 1.83. The maximum Gasteiger partial charge on any atom is 0.272 e. The number of hydrogen-bond donors (Lipinski definition) is 1. The van der Waals surface area contributed by atoms with Crippen molar-refractivity contribution >= 4 is 27.5 Å². The molecular weight excluding hydrogens is 296 g/mol. The average Bonchev–Trinajstić information content (AvgIpc) is 2.85. The highest BCUT2D eigenvalue weighted by atomic mass is 79.9. The van der Waals surface area contributed by atoms with Gasteiger partial charge in [0, 0.05) is 30.0 Å². The number of aryl methyl sites for hydroxylation is 1. The molecule has 0 radical (unpaired) electrons. The molecule has 0 fully saturated rings. The van der Waals surface area contributed by atoms with Gasteiger partial charge in [-0.1, -0.05) is 0 Å². The van der Waals surface area contributed by atoms with Gasteiger partial charge in [0.2, 0.25) is 0 Å². The summed E-state index contributed by atoms with van der Waals surface area (Å²) in [5.74, 6) is -0.147. The number of hydrogen-bond acceptors (Lipinski definition) is 2. The maximum atomic E-state index is 12.0. The smallest absolute Gasteiger partial charge is 0.272 e. The zero-order chi connectivity index (χ0) is 13.3. The van der Waals surface area contributed by atoms with Crippen LogP contribution < -0.4 is 5.32 Å². The zero-order valence-electron chi connectivity index (χ0n) is 10.5. The molecule has 2 aromatic rings. The Morgan fingerprint density at radius 3 is 2.67 bits per heavy atom. The fraction of sp³-hybridized carbons (Fsp3) is 0.333. The number of nitrogens with zero attached hydrogens (tertiary/aromatic N) is 3. The summed E-state index contributed by atoms with van der Waals surface area (Å²) in [5, 5.41) is 7.00. The van der Waals surface area contributed by atoms with E-state index in [4.69, 9.17) is 0 Å². The van der Waals surface area contributed by atoms with Crippen LogP contribution in [0.4, 0.5) is 5.69 Å². The highest BCUT2D eigenvalue weighted by Gasteiger charge is 2.12. The fourth-order valence-corrected chi connectivity index (χ4v) is 2.15. The molecule has 0 spiro atoms. The van der Waals surface area contributed by atoms with Crippen molar-refractivity contribution in [3.63, 3.8) is 0 Å². The lowest BCUT2D eigenvalue weighted by atomic mass is 10.4. The van der Waals surface area contributed by atoms with E-state index in [0.717, 1.165) is 4.47 Å². The molecule has 0 aromatic carbocycles. The van der Waals surface area contributed by atoms with Crippen LogP contribution in [-0.4, -0.2) is 20.3 Å². The molecule has 2 aromatic heterocycles. The molecule has 96 valence electrons. The Bertz CT molecular complexity index is 570. The van der Waals surface area contributed by atoms with Crippen LogP contribution in [0.3, 0.4) is 0 Å². The SMILES string of the molecule is CC(C)n1cc(NC(=O)c2cc(Br)cn2C)cn1. The molecule has 0 aliphatic rings. The Morgan fingerprint density at radius 2 is 2.17 bits per heavy atom. The van der Waals surface area contributed by atoms with Gasteiger partial charge in [-0.15, -0.1) is 0 Å². The molecule has 6 heteroatoms. The summed E-state index contributed by atoms with van der Waals surface area (Å²) in [6.45, 7) is 4.07. The Morgan fingerprint density at radius 1 is 1.44 bits per heavy atom. The Labute approximate surface area is 114 Å². The molecule has 0 aliphatic heterocycles. The van der Waals surface area contributed by atoms with Gasteiger partial charge in [0.05, 0.1) is 11.9 Å². The molecule has 1 N–H and O–H groups in total. The van der Waals surface area contributed by atoms with E-state index in [1.807, 2.05) is 33.3 Å². The Balaban J connectivity index is 2.13. The van der Waals surface area contributed by atoms with Crippen LogP contribution in [0.1, 0.15) is 30.4 Å². The molecule has 0 aliphatic carbocycles. The molecule has 1 amide bonds. The summed E-state index contributed by atoms with van der Waals surface area (Å²) in [6, 6.07) is 2.06. The van der Waals surface area contributed by atoms with E-state index in [9.17, 15) is 4.79 Å². The minimum Gasteiger partial charge on any atom is -0.345 e. The number of anilines is 1. The van der Waals surface area contributed by atoms with Crippen LogP contribution in [-0.2, 0) is 7.05 Å². The van der Waals surface area contributed by atoms with E-state index in [-0.39, 0.29) is 11.9 Å². The first-order valence-electron chi connectivity index (χ1n) is 5.64. The third-order valence-corrected chi connectivity index (χ3v) is 3.03. The summed E-state index contributed by atoms with van der Waals surface area (Å²) in [6.07, 6.45) is 5.31. The third-order valence-electron chi connectivity index (χ3n) is 2.59. The van der Waals surface area contributed by atoms with Crippen molar-refractivity contribution in [2.24, 2.45) is 7.05 Å². The second-order valence-electron chi connectivity index (χ2n) is 4.41. The monoisotopic (exact) mass is 310 g/mol. The maximum absolute atomic E-state index is 12.0. The minimum absolute atomic E-state index is 0.147. The van der Waals surface area contributed by atoms with Crippen LogP contribution in [0, 0.1) is 0 Å². The van der Waals surface area contributed by atoms with Crippen molar-refractivity contribution in [2.45, 2.75) is 19.9 Å². The second kappa shape index (κ2) is 4.97. The van der Waals surface area contributed by atoms with Gasteiger partial charge in [-0.3, -0.25) is 9.48 Å². The largest absolute Gasteiger partial charge is 0.345 e. The molecule has 0 bridgehead atoms. The van der Waals surface area contributed by atoms with Crippen LogP contribution in [0.25, 0.3) is 0 Å².